The molecule has 1 aromatic heterocycles. The van der Waals surface area contributed by atoms with Gasteiger partial charge in [-0.05, 0) is 31.0 Å². The van der Waals surface area contributed by atoms with Crippen molar-refractivity contribution in [1.82, 2.24) is 10.3 Å². The number of rotatable bonds is 5. The fourth-order valence-corrected chi connectivity index (χ4v) is 3.32. The van der Waals surface area contributed by atoms with Gasteiger partial charge < -0.3 is 15.4 Å². The molecule has 0 bridgehead atoms. The number of aromatic nitrogens is 1. The molecule has 0 spiro atoms. The molecule has 6 heteroatoms. The molecule has 1 heterocycles. The standard InChI is InChI=1S/C21H25N3O3/c1-27-19-11-7-6-10-18(19)24-21(26)16-12-15(13-22-14-16)20(25)23-17-8-4-2-3-5-9-17/h6-7,10-14,17H,2-5,8-9H2,1H3,(H,23,25)(H,24,26). The van der Waals surface area contributed by atoms with Crippen molar-refractivity contribution >= 4 is 17.5 Å². The fraction of sp³-hybridized carbons (Fsp3) is 0.381. The summed E-state index contributed by atoms with van der Waals surface area (Å²) in [5, 5.41) is 5.88. The second-order valence-corrected chi connectivity index (χ2v) is 6.78. The average molecular weight is 367 g/mol. The number of nitrogens with one attached hydrogen (secondary N) is 2. The Bertz CT molecular complexity index is 799. The summed E-state index contributed by atoms with van der Waals surface area (Å²) < 4.78 is 5.24. The quantitative estimate of drug-likeness (QED) is 0.788. The van der Waals surface area contributed by atoms with Gasteiger partial charge in [0, 0.05) is 18.4 Å². The van der Waals surface area contributed by atoms with Crippen molar-refractivity contribution < 1.29 is 14.3 Å². The van der Waals surface area contributed by atoms with Gasteiger partial charge in [0.25, 0.3) is 11.8 Å². The number of nitrogens with zero attached hydrogens (tertiary/aromatic N) is 1. The first-order valence-electron chi connectivity index (χ1n) is 9.37. The third kappa shape index (κ3) is 5.06. The lowest BCUT2D eigenvalue weighted by atomic mass is 10.1. The minimum absolute atomic E-state index is 0.179. The Morgan fingerprint density at radius 3 is 2.37 bits per heavy atom. The topological polar surface area (TPSA) is 80.3 Å². The average Bonchev–Trinajstić information content (AvgIpc) is 2.97. The maximum Gasteiger partial charge on any atom is 0.257 e. The summed E-state index contributed by atoms with van der Waals surface area (Å²) in [5.41, 5.74) is 1.29. The van der Waals surface area contributed by atoms with Gasteiger partial charge in [-0.3, -0.25) is 14.6 Å². The van der Waals surface area contributed by atoms with Crippen molar-refractivity contribution in [2.45, 2.75) is 44.6 Å². The van der Waals surface area contributed by atoms with E-state index in [2.05, 4.69) is 15.6 Å². The van der Waals surface area contributed by atoms with E-state index in [1.165, 1.54) is 25.2 Å². The van der Waals surface area contributed by atoms with Gasteiger partial charge >= 0.3 is 0 Å². The van der Waals surface area contributed by atoms with Gasteiger partial charge in [-0.25, -0.2) is 0 Å². The largest absolute Gasteiger partial charge is 0.495 e. The van der Waals surface area contributed by atoms with E-state index in [4.69, 9.17) is 4.74 Å². The molecule has 27 heavy (non-hydrogen) atoms. The molecule has 1 fully saturated rings. The summed E-state index contributed by atoms with van der Waals surface area (Å²) in [5.74, 6) is 0.0542. The van der Waals surface area contributed by atoms with Crippen LogP contribution in [0.4, 0.5) is 5.69 Å². The first kappa shape index (κ1) is 18.9. The molecule has 1 aromatic carbocycles. The number of carbonyl (C=O) groups is 2. The molecule has 0 atom stereocenters. The van der Waals surface area contributed by atoms with Crippen molar-refractivity contribution in [1.29, 1.82) is 0 Å². The van der Waals surface area contributed by atoms with Crippen molar-refractivity contribution in [2.75, 3.05) is 12.4 Å². The molecular weight excluding hydrogens is 342 g/mol. The minimum atomic E-state index is -0.337. The summed E-state index contributed by atoms with van der Waals surface area (Å²) in [6, 6.07) is 8.94. The molecular formula is C21H25N3O3. The van der Waals surface area contributed by atoms with Crippen LogP contribution >= 0.6 is 0 Å². The maximum atomic E-state index is 12.6. The van der Waals surface area contributed by atoms with Crippen LogP contribution in [0, 0.1) is 0 Å². The molecule has 0 radical (unpaired) electrons. The van der Waals surface area contributed by atoms with E-state index in [1.54, 1.807) is 25.3 Å². The molecule has 0 unspecified atom stereocenters. The molecule has 2 amide bonds. The Morgan fingerprint density at radius 2 is 1.67 bits per heavy atom. The highest BCUT2D eigenvalue weighted by atomic mass is 16.5. The van der Waals surface area contributed by atoms with E-state index >= 15 is 0 Å². The van der Waals surface area contributed by atoms with E-state index < -0.39 is 0 Å². The highest BCUT2D eigenvalue weighted by Crippen LogP contribution is 2.23. The molecule has 0 saturated heterocycles. The molecule has 6 nitrogen and oxygen atoms in total. The summed E-state index contributed by atoms with van der Waals surface area (Å²) >= 11 is 0. The Kier molecular flexibility index (Phi) is 6.41. The van der Waals surface area contributed by atoms with Gasteiger partial charge in [0.15, 0.2) is 0 Å². The minimum Gasteiger partial charge on any atom is -0.495 e. The van der Waals surface area contributed by atoms with Crippen molar-refractivity contribution in [3.05, 3.63) is 53.9 Å². The number of anilines is 1. The predicted octanol–water partition coefficient (Wildman–Crippen LogP) is 3.80. The monoisotopic (exact) mass is 367 g/mol. The third-order valence-corrected chi connectivity index (χ3v) is 4.81. The lowest BCUT2D eigenvalue weighted by Gasteiger charge is -2.16. The zero-order chi connectivity index (χ0) is 19.1. The second-order valence-electron chi connectivity index (χ2n) is 6.78. The summed E-state index contributed by atoms with van der Waals surface area (Å²) in [6.45, 7) is 0. The van der Waals surface area contributed by atoms with E-state index in [9.17, 15) is 9.59 Å². The number of hydrogen-bond acceptors (Lipinski definition) is 4. The number of carbonyl (C=O) groups excluding carboxylic acids is 2. The first-order valence-corrected chi connectivity index (χ1v) is 9.37. The van der Waals surface area contributed by atoms with Crippen LogP contribution in [0.15, 0.2) is 42.7 Å². The molecule has 3 rings (SSSR count). The highest BCUT2D eigenvalue weighted by molar-refractivity contribution is 6.06. The molecule has 1 aliphatic carbocycles. The Hall–Kier alpha value is -2.89. The molecule has 1 saturated carbocycles. The van der Waals surface area contributed by atoms with Crippen LogP contribution in [-0.4, -0.2) is 29.9 Å². The maximum absolute atomic E-state index is 12.6. The van der Waals surface area contributed by atoms with Gasteiger partial charge in [-0.1, -0.05) is 37.8 Å². The lowest BCUT2D eigenvalue weighted by Crippen LogP contribution is -2.34. The number of amides is 2. The van der Waals surface area contributed by atoms with Crippen molar-refractivity contribution in [3.8, 4) is 5.75 Å². The van der Waals surface area contributed by atoms with Gasteiger partial charge in [0.05, 0.1) is 23.9 Å². The van der Waals surface area contributed by atoms with Crippen molar-refractivity contribution in [3.63, 3.8) is 0 Å². The van der Waals surface area contributed by atoms with Crippen molar-refractivity contribution in [2.24, 2.45) is 0 Å². The first-order chi connectivity index (χ1) is 13.2. The van der Waals surface area contributed by atoms with Crippen LogP contribution < -0.4 is 15.4 Å². The Balaban J connectivity index is 1.68. The van der Waals surface area contributed by atoms with Gasteiger partial charge in [-0.15, -0.1) is 0 Å². The summed E-state index contributed by atoms with van der Waals surface area (Å²) in [4.78, 5) is 29.2. The smallest absolute Gasteiger partial charge is 0.257 e. The van der Waals surface area contributed by atoms with Crippen LogP contribution in [-0.2, 0) is 0 Å². The lowest BCUT2D eigenvalue weighted by molar-refractivity contribution is 0.0933. The van der Waals surface area contributed by atoms with E-state index in [1.807, 2.05) is 12.1 Å². The number of para-hydroxylation sites is 2. The van der Waals surface area contributed by atoms with E-state index in [0.717, 1.165) is 25.7 Å². The molecule has 0 aliphatic heterocycles. The number of methoxy groups -OCH3 is 1. The van der Waals surface area contributed by atoms with E-state index in [-0.39, 0.29) is 17.9 Å². The SMILES string of the molecule is COc1ccccc1NC(=O)c1cncc(C(=O)NC2CCCCCC2)c1. The molecule has 1 aliphatic rings. The van der Waals surface area contributed by atoms with Crippen LogP contribution in [0.2, 0.25) is 0 Å². The van der Waals surface area contributed by atoms with Crippen LogP contribution in [0.1, 0.15) is 59.2 Å². The second kappa shape index (κ2) is 9.16. The highest BCUT2D eigenvalue weighted by Gasteiger charge is 2.17. The molecule has 142 valence electrons. The number of benzene rings is 1. The van der Waals surface area contributed by atoms with E-state index in [0.29, 0.717) is 22.6 Å². The van der Waals surface area contributed by atoms with Crippen LogP contribution in [0.5, 0.6) is 5.75 Å². The van der Waals surface area contributed by atoms with Gasteiger partial charge in [0.2, 0.25) is 0 Å². The normalized spacial score (nSPS) is 14.9. The van der Waals surface area contributed by atoms with Gasteiger partial charge in [0.1, 0.15) is 5.75 Å². The molecule has 2 aromatic rings. The zero-order valence-corrected chi connectivity index (χ0v) is 15.5. The summed E-state index contributed by atoms with van der Waals surface area (Å²) in [7, 11) is 1.55. The molecule has 2 N–H and O–H groups in total. The predicted molar refractivity (Wildman–Crippen MR) is 104 cm³/mol. The fourth-order valence-electron chi connectivity index (χ4n) is 3.32. The third-order valence-electron chi connectivity index (χ3n) is 4.81. The number of pyridine rings is 1. The van der Waals surface area contributed by atoms with Crippen LogP contribution in [0.3, 0.4) is 0 Å². The Labute approximate surface area is 159 Å². The Morgan fingerprint density at radius 1 is 1.00 bits per heavy atom. The number of ether oxygens (including phenoxy) is 1. The van der Waals surface area contributed by atoms with Crippen LogP contribution in [0.25, 0.3) is 0 Å². The number of hydrogen-bond donors (Lipinski definition) is 2. The van der Waals surface area contributed by atoms with Gasteiger partial charge in [-0.2, -0.15) is 0 Å². The summed E-state index contributed by atoms with van der Waals surface area (Å²) in [6.07, 6.45) is 9.70. The zero-order valence-electron chi connectivity index (χ0n) is 15.5.